The van der Waals surface area contributed by atoms with E-state index in [0.717, 1.165) is 26.2 Å². The predicted molar refractivity (Wildman–Crippen MR) is 73.5 cm³/mol. The number of nitrogens with two attached hydrogens (primary N) is 1. The van der Waals surface area contributed by atoms with Gasteiger partial charge in [0.1, 0.15) is 0 Å². The Labute approximate surface area is 113 Å². The molecule has 17 heavy (non-hydrogen) atoms. The third-order valence-electron chi connectivity index (χ3n) is 3.26. The van der Waals surface area contributed by atoms with Gasteiger partial charge in [-0.05, 0) is 55.6 Å². The standard InChI is InChI=1S/C13H18Cl2N2/c14-12-4-11(5-13(15)6-12)9-17-3-1-2-10(7-16)8-17/h4-6,10H,1-3,7-9,16H2/t10-/m1/s1. The molecule has 0 spiro atoms. The topological polar surface area (TPSA) is 29.3 Å². The highest BCUT2D eigenvalue weighted by Gasteiger charge is 2.18. The van der Waals surface area contributed by atoms with Crippen molar-refractivity contribution in [3.05, 3.63) is 33.8 Å². The van der Waals surface area contributed by atoms with Crippen LogP contribution in [0.5, 0.6) is 0 Å². The van der Waals surface area contributed by atoms with Gasteiger partial charge in [0.15, 0.2) is 0 Å². The van der Waals surface area contributed by atoms with E-state index in [1.165, 1.54) is 18.4 Å². The molecule has 0 amide bonds. The fourth-order valence-corrected chi connectivity index (χ4v) is 3.02. The van der Waals surface area contributed by atoms with Gasteiger partial charge < -0.3 is 5.73 Å². The third-order valence-corrected chi connectivity index (χ3v) is 3.70. The van der Waals surface area contributed by atoms with Gasteiger partial charge in [-0.2, -0.15) is 0 Å². The summed E-state index contributed by atoms with van der Waals surface area (Å²) in [6, 6.07) is 5.74. The van der Waals surface area contributed by atoms with Crippen LogP contribution < -0.4 is 5.73 Å². The number of piperidine rings is 1. The first kappa shape index (κ1) is 13.2. The second kappa shape index (κ2) is 6.05. The van der Waals surface area contributed by atoms with E-state index in [2.05, 4.69) is 4.90 Å². The monoisotopic (exact) mass is 272 g/mol. The lowest BCUT2D eigenvalue weighted by Gasteiger charge is -2.32. The first-order valence-corrected chi connectivity index (χ1v) is 6.80. The van der Waals surface area contributed by atoms with E-state index in [0.29, 0.717) is 16.0 Å². The Morgan fingerprint density at radius 1 is 1.24 bits per heavy atom. The molecule has 1 aliphatic rings. The average molecular weight is 273 g/mol. The third kappa shape index (κ3) is 3.85. The summed E-state index contributed by atoms with van der Waals surface area (Å²) in [5.74, 6) is 0.637. The van der Waals surface area contributed by atoms with Gasteiger partial charge in [0.25, 0.3) is 0 Å². The SMILES string of the molecule is NC[C@H]1CCCN(Cc2cc(Cl)cc(Cl)c2)C1. The molecule has 94 valence electrons. The van der Waals surface area contributed by atoms with E-state index >= 15 is 0 Å². The number of benzene rings is 1. The lowest BCUT2D eigenvalue weighted by molar-refractivity contribution is 0.171. The maximum absolute atomic E-state index is 6.00. The van der Waals surface area contributed by atoms with Crippen molar-refractivity contribution in [1.29, 1.82) is 0 Å². The summed E-state index contributed by atoms with van der Waals surface area (Å²) in [5, 5.41) is 1.42. The van der Waals surface area contributed by atoms with E-state index in [-0.39, 0.29) is 0 Å². The molecule has 2 N–H and O–H groups in total. The van der Waals surface area contributed by atoms with Crippen molar-refractivity contribution in [2.45, 2.75) is 19.4 Å². The molecule has 1 aliphatic heterocycles. The average Bonchev–Trinajstić information content (AvgIpc) is 2.28. The number of rotatable bonds is 3. The van der Waals surface area contributed by atoms with Crippen LogP contribution in [0, 0.1) is 5.92 Å². The van der Waals surface area contributed by atoms with Gasteiger partial charge in [-0.15, -0.1) is 0 Å². The number of nitrogens with zero attached hydrogens (tertiary/aromatic N) is 1. The van der Waals surface area contributed by atoms with Crippen LogP contribution in [-0.4, -0.2) is 24.5 Å². The number of likely N-dealkylation sites (tertiary alicyclic amines) is 1. The molecule has 0 aliphatic carbocycles. The van der Waals surface area contributed by atoms with Crippen LogP contribution in [0.15, 0.2) is 18.2 Å². The van der Waals surface area contributed by atoms with Crippen LogP contribution in [0.2, 0.25) is 10.0 Å². The Bertz CT molecular complexity index is 361. The quantitative estimate of drug-likeness (QED) is 0.916. The van der Waals surface area contributed by atoms with Gasteiger partial charge in [0, 0.05) is 23.1 Å². The largest absolute Gasteiger partial charge is 0.330 e. The number of halogens is 2. The highest BCUT2D eigenvalue weighted by atomic mass is 35.5. The van der Waals surface area contributed by atoms with E-state index in [1.54, 1.807) is 6.07 Å². The zero-order valence-corrected chi connectivity index (χ0v) is 11.3. The van der Waals surface area contributed by atoms with Crippen LogP contribution in [0.1, 0.15) is 18.4 Å². The van der Waals surface area contributed by atoms with Crippen molar-refractivity contribution in [2.75, 3.05) is 19.6 Å². The molecule has 0 bridgehead atoms. The van der Waals surface area contributed by atoms with Gasteiger partial charge in [0.05, 0.1) is 0 Å². The zero-order chi connectivity index (χ0) is 12.3. The van der Waals surface area contributed by atoms with Crippen molar-refractivity contribution in [3.63, 3.8) is 0 Å². The van der Waals surface area contributed by atoms with Gasteiger partial charge in [-0.25, -0.2) is 0 Å². The molecule has 1 saturated heterocycles. The van der Waals surface area contributed by atoms with Crippen molar-refractivity contribution >= 4 is 23.2 Å². The van der Waals surface area contributed by atoms with Crippen molar-refractivity contribution in [2.24, 2.45) is 11.7 Å². The molecule has 0 saturated carbocycles. The summed E-state index contributed by atoms with van der Waals surface area (Å²) in [6.45, 7) is 3.92. The lowest BCUT2D eigenvalue weighted by Crippen LogP contribution is -2.37. The van der Waals surface area contributed by atoms with Crippen LogP contribution >= 0.6 is 23.2 Å². The summed E-state index contributed by atoms with van der Waals surface area (Å²) >= 11 is 12.0. The minimum atomic E-state index is 0.637. The molecule has 0 radical (unpaired) electrons. The summed E-state index contributed by atoms with van der Waals surface area (Å²) < 4.78 is 0. The molecule has 4 heteroatoms. The maximum Gasteiger partial charge on any atom is 0.0424 e. The molecule has 2 rings (SSSR count). The Morgan fingerprint density at radius 3 is 2.59 bits per heavy atom. The lowest BCUT2D eigenvalue weighted by atomic mass is 9.98. The molecule has 1 aromatic rings. The van der Waals surface area contributed by atoms with Gasteiger partial charge in [-0.1, -0.05) is 23.2 Å². The molecular weight excluding hydrogens is 255 g/mol. The second-order valence-corrected chi connectivity index (χ2v) is 5.63. The normalized spacial score (nSPS) is 21.7. The summed E-state index contributed by atoms with van der Waals surface area (Å²) in [5.41, 5.74) is 6.92. The van der Waals surface area contributed by atoms with E-state index in [9.17, 15) is 0 Å². The minimum absolute atomic E-state index is 0.637. The summed E-state index contributed by atoms with van der Waals surface area (Å²) in [6.07, 6.45) is 2.49. The highest BCUT2D eigenvalue weighted by Crippen LogP contribution is 2.22. The van der Waals surface area contributed by atoms with Crippen molar-refractivity contribution < 1.29 is 0 Å². The molecule has 1 atom stereocenters. The first-order valence-electron chi connectivity index (χ1n) is 6.05. The minimum Gasteiger partial charge on any atom is -0.330 e. The molecule has 2 nitrogen and oxygen atoms in total. The van der Waals surface area contributed by atoms with Crippen molar-refractivity contribution in [3.8, 4) is 0 Å². The van der Waals surface area contributed by atoms with Crippen LogP contribution in [0.4, 0.5) is 0 Å². The summed E-state index contributed by atoms with van der Waals surface area (Å²) in [4.78, 5) is 2.43. The Morgan fingerprint density at radius 2 is 1.94 bits per heavy atom. The molecule has 1 fully saturated rings. The fraction of sp³-hybridized carbons (Fsp3) is 0.538. The maximum atomic E-state index is 6.00. The van der Waals surface area contributed by atoms with Crippen LogP contribution in [0.25, 0.3) is 0 Å². The second-order valence-electron chi connectivity index (χ2n) is 4.76. The van der Waals surface area contributed by atoms with E-state index in [4.69, 9.17) is 28.9 Å². The fourth-order valence-electron chi connectivity index (χ4n) is 2.45. The molecule has 1 aromatic carbocycles. The Balaban J connectivity index is 2.00. The van der Waals surface area contributed by atoms with Crippen molar-refractivity contribution in [1.82, 2.24) is 4.90 Å². The zero-order valence-electron chi connectivity index (χ0n) is 9.83. The molecule has 0 unspecified atom stereocenters. The van der Waals surface area contributed by atoms with Crippen LogP contribution in [-0.2, 0) is 6.54 Å². The summed E-state index contributed by atoms with van der Waals surface area (Å²) in [7, 11) is 0. The first-order chi connectivity index (χ1) is 8.17. The van der Waals surface area contributed by atoms with Gasteiger partial charge in [0.2, 0.25) is 0 Å². The van der Waals surface area contributed by atoms with E-state index in [1.807, 2.05) is 12.1 Å². The Kier molecular flexibility index (Phi) is 4.69. The van der Waals surface area contributed by atoms with Gasteiger partial charge in [-0.3, -0.25) is 4.90 Å². The molecule has 0 aromatic heterocycles. The smallest absolute Gasteiger partial charge is 0.0424 e. The highest BCUT2D eigenvalue weighted by molar-refractivity contribution is 6.34. The van der Waals surface area contributed by atoms with Gasteiger partial charge >= 0.3 is 0 Å². The predicted octanol–water partition coefficient (Wildman–Crippen LogP) is 3.16. The van der Waals surface area contributed by atoms with E-state index < -0.39 is 0 Å². The molecular formula is C13H18Cl2N2. The molecule has 1 heterocycles. The number of hydrogen-bond donors (Lipinski definition) is 1. The van der Waals surface area contributed by atoms with Crippen LogP contribution in [0.3, 0.4) is 0 Å². The Hall–Kier alpha value is -0.280. The number of hydrogen-bond acceptors (Lipinski definition) is 2.